The Morgan fingerprint density at radius 1 is 1.30 bits per heavy atom. The van der Waals surface area contributed by atoms with Crippen LogP contribution in [-0.4, -0.2) is 46.4 Å². The number of hydrogen-bond acceptors (Lipinski definition) is 6. The van der Waals surface area contributed by atoms with E-state index in [9.17, 15) is 16.8 Å². The Balaban J connectivity index is 3.00. The predicted octanol–water partition coefficient (Wildman–Crippen LogP) is 0.225. The van der Waals surface area contributed by atoms with Gasteiger partial charge in [0.05, 0.1) is 5.75 Å². The van der Waals surface area contributed by atoms with Crippen molar-refractivity contribution in [3.05, 3.63) is 18.3 Å². The van der Waals surface area contributed by atoms with E-state index in [1.165, 1.54) is 25.3 Å². The number of hydrogen-bond donors (Lipinski definition) is 2. The molecule has 20 heavy (non-hydrogen) atoms. The third-order valence-corrected chi connectivity index (χ3v) is 5.04. The van der Waals surface area contributed by atoms with E-state index in [4.69, 9.17) is 0 Å². The summed E-state index contributed by atoms with van der Waals surface area (Å²) in [5.74, 6) is -0.0164. The van der Waals surface area contributed by atoms with Crippen molar-refractivity contribution in [2.45, 2.75) is 24.8 Å². The third-order valence-electron chi connectivity index (χ3n) is 2.31. The van der Waals surface area contributed by atoms with Crippen LogP contribution in [0.2, 0.25) is 0 Å². The lowest BCUT2D eigenvalue weighted by atomic mass is 10.4. The van der Waals surface area contributed by atoms with E-state index in [2.05, 4.69) is 15.0 Å². The van der Waals surface area contributed by atoms with Crippen molar-refractivity contribution in [2.75, 3.05) is 23.9 Å². The Morgan fingerprint density at radius 2 is 1.95 bits per heavy atom. The molecule has 0 aliphatic rings. The molecule has 0 aliphatic heterocycles. The Hall–Kier alpha value is -1.19. The normalized spacial score (nSPS) is 13.9. The third kappa shape index (κ3) is 5.06. The molecule has 0 spiro atoms. The maximum Gasteiger partial charge on any atom is 0.244 e. The van der Waals surface area contributed by atoms with Gasteiger partial charge in [-0.05, 0) is 26.0 Å². The Labute approximate surface area is 119 Å². The number of pyridine rings is 1. The predicted molar refractivity (Wildman–Crippen MR) is 77.9 cm³/mol. The van der Waals surface area contributed by atoms with Gasteiger partial charge in [0.15, 0.2) is 0 Å². The van der Waals surface area contributed by atoms with Gasteiger partial charge >= 0.3 is 0 Å². The van der Waals surface area contributed by atoms with Crippen LogP contribution in [0.25, 0.3) is 0 Å². The van der Waals surface area contributed by atoms with Gasteiger partial charge in [0.2, 0.25) is 10.0 Å². The SMILES string of the molecule is CCNc1ncccc1S(=O)(=O)NC(C)CS(C)(=O)=O. The van der Waals surface area contributed by atoms with Crippen molar-refractivity contribution < 1.29 is 16.8 Å². The zero-order chi connectivity index (χ0) is 15.4. The maximum absolute atomic E-state index is 12.2. The van der Waals surface area contributed by atoms with Crippen molar-refractivity contribution in [3.8, 4) is 0 Å². The number of aromatic nitrogens is 1. The molecule has 114 valence electrons. The van der Waals surface area contributed by atoms with Gasteiger partial charge in [-0.1, -0.05) is 0 Å². The summed E-state index contributed by atoms with van der Waals surface area (Å²) in [5, 5.41) is 2.86. The zero-order valence-electron chi connectivity index (χ0n) is 11.6. The van der Waals surface area contributed by atoms with E-state index >= 15 is 0 Å². The van der Waals surface area contributed by atoms with Gasteiger partial charge in [-0.2, -0.15) is 0 Å². The lowest BCUT2D eigenvalue weighted by Crippen LogP contribution is -2.37. The fourth-order valence-electron chi connectivity index (χ4n) is 1.72. The maximum atomic E-state index is 12.2. The van der Waals surface area contributed by atoms with Crippen molar-refractivity contribution >= 4 is 25.7 Å². The monoisotopic (exact) mass is 321 g/mol. The summed E-state index contributed by atoms with van der Waals surface area (Å²) < 4.78 is 49.2. The van der Waals surface area contributed by atoms with Crippen LogP contribution in [0.15, 0.2) is 23.2 Å². The van der Waals surface area contributed by atoms with Gasteiger partial charge in [-0.15, -0.1) is 0 Å². The first-order valence-electron chi connectivity index (χ1n) is 6.04. The summed E-state index contributed by atoms with van der Waals surface area (Å²) in [6, 6.07) is 2.21. The number of rotatable bonds is 7. The van der Waals surface area contributed by atoms with Crippen LogP contribution in [0.3, 0.4) is 0 Å². The molecule has 0 fully saturated rings. The highest BCUT2D eigenvalue weighted by atomic mass is 32.2. The Bertz CT molecular complexity index is 656. The number of anilines is 1. The summed E-state index contributed by atoms with van der Waals surface area (Å²) in [5.41, 5.74) is 0. The van der Waals surface area contributed by atoms with E-state index in [1.807, 2.05) is 6.92 Å². The molecule has 0 aromatic carbocycles. The molecule has 1 rings (SSSR count). The van der Waals surface area contributed by atoms with Crippen molar-refractivity contribution in [1.82, 2.24) is 9.71 Å². The highest BCUT2D eigenvalue weighted by Crippen LogP contribution is 2.18. The first kappa shape index (κ1) is 16.9. The van der Waals surface area contributed by atoms with Gasteiger partial charge in [0.1, 0.15) is 20.6 Å². The van der Waals surface area contributed by atoms with E-state index in [1.54, 1.807) is 0 Å². The summed E-state index contributed by atoms with van der Waals surface area (Å²) in [7, 11) is -7.08. The first-order valence-corrected chi connectivity index (χ1v) is 9.59. The van der Waals surface area contributed by atoms with Gasteiger partial charge < -0.3 is 5.32 Å². The van der Waals surface area contributed by atoms with Crippen molar-refractivity contribution in [3.63, 3.8) is 0 Å². The molecule has 1 heterocycles. The molecule has 0 amide bonds. The molecule has 7 nitrogen and oxygen atoms in total. The Morgan fingerprint density at radius 3 is 2.50 bits per heavy atom. The van der Waals surface area contributed by atoms with Gasteiger partial charge in [0, 0.05) is 25.0 Å². The Kier molecular flexibility index (Phi) is 5.49. The molecule has 1 aromatic rings. The molecular weight excluding hydrogens is 302 g/mol. The van der Waals surface area contributed by atoms with Crippen molar-refractivity contribution in [1.29, 1.82) is 0 Å². The molecule has 1 atom stereocenters. The fourth-order valence-corrected chi connectivity index (χ4v) is 4.20. The second-order valence-corrected chi connectivity index (χ2v) is 8.36. The molecular formula is C11H19N3O4S2. The van der Waals surface area contributed by atoms with Crippen LogP contribution in [0.5, 0.6) is 0 Å². The van der Waals surface area contributed by atoms with Crippen LogP contribution in [-0.2, 0) is 19.9 Å². The fraction of sp³-hybridized carbons (Fsp3) is 0.545. The van der Waals surface area contributed by atoms with E-state index in [-0.39, 0.29) is 16.5 Å². The smallest absolute Gasteiger partial charge is 0.244 e. The van der Waals surface area contributed by atoms with Gasteiger partial charge in [0.25, 0.3) is 0 Å². The molecule has 9 heteroatoms. The first-order chi connectivity index (χ1) is 9.15. The molecule has 1 unspecified atom stereocenters. The van der Waals surface area contributed by atoms with Gasteiger partial charge in [-0.25, -0.2) is 26.5 Å². The van der Waals surface area contributed by atoms with Crippen LogP contribution in [0, 0.1) is 0 Å². The number of nitrogens with zero attached hydrogens (tertiary/aromatic N) is 1. The average molecular weight is 321 g/mol. The number of sulfone groups is 1. The second kappa shape index (κ2) is 6.51. The number of nitrogens with one attached hydrogen (secondary N) is 2. The molecule has 0 bridgehead atoms. The summed E-state index contributed by atoms with van der Waals surface area (Å²) in [4.78, 5) is 3.97. The number of sulfonamides is 1. The highest BCUT2D eigenvalue weighted by molar-refractivity contribution is 7.91. The molecule has 0 radical (unpaired) electrons. The average Bonchev–Trinajstić information content (AvgIpc) is 2.26. The standard InChI is InChI=1S/C11H19N3O4S2/c1-4-12-11-10(6-5-7-13-11)20(17,18)14-9(2)8-19(3,15)16/h5-7,9,14H,4,8H2,1-3H3,(H,12,13). The van der Waals surface area contributed by atoms with Crippen LogP contribution in [0.1, 0.15) is 13.8 Å². The minimum atomic E-state index is -3.82. The highest BCUT2D eigenvalue weighted by Gasteiger charge is 2.23. The van der Waals surface area contributed by atoms with E-state index in [0.717, 1.165) is 6.26 Å². The lowest BCUT2D eigenvalue weighted by molar-refractivity contribution is 0.564. The summed E-state index contributed by atoms with van der Waals surface area (Å²) >= 11 is 0. The quantitative estimate of drug-likeness (QED) is 0.744. The largest absolute Gasteiger partial charge is 0.369 e. The minimum absolute atomic E-state index is 0.00204. The molecule has 0 saturated carbocycles. The summed E-state index contributed by atoms with van der Waals surface area (Å²) in [6.07, 6.45) is 2.54. The van der Waals surface area contributed by atoms with Crippen molar-refractivity contribution in [2.24, 2.45) is 0 Å². The van der Waals surface area contributed by atoms with Crippen LogP contribution in [0.4, 0.5) is 5.82 Å². The van der Waals surface area contributed by atoms with Crippen LogP contribution >= 0.6 is 0 Å². The van der Waals surface area contributed by atoms with E-state index in [0.29, 0.717) is 6.54 Å². The molecule has 2 N–H and O–H groups in total. The van der Waals surface area contributed by atoms with E-state index < -0.39 is 25.9 Å². The molecule has 1 aromatic heterocycles. The van der Waals surface area contributed by atoms with Gasteiger partial charge in [-0.3, -0.25) is 0 Å². The summed E-state index contributed by atoms with van der Waals surface area (Å²) in [6.45, 7) is 3.85. The van der Waals surface area contributed by atoms with Crippen LogP contribution < -0.4 is 10.0 Å². The lowest BCUT2D eigenvalue weighted by Gasteiger charge is -2.15. The topological polar surface area (TPSA) is 105 Å². The molecule has 0 aliphatic carbocycles. The zero-order valence-corrected chi connectivity index (χ0v) is 13.3. The second-order valence-electron chi connectivity index (χ2n) is 4.50. The molecule has 0 saturated heterocycles. The minimum Gasteiger partial charge on any atom is -0.369 e.